The summed E-state index contributed by atoms with van der Waals surface area (Å²) >= 11 is 5.87. The van der Waals surface area contributed by atoms with E-state index in [9.17, 15) is 0 Å². The van der Waals surface area contributed by atoms with Gasteiger partial charge in [0.15, 0.2) is 0 Å². The molecule has 0 amide bonds. The van der Waals surface area contributed by atoms with Crippen LogP contribution in [0, 0.1) is 11.8 Å². The highest BCUT2D eigenvalue weighted by Gasteiger charge is 2.13. The molecule has 0 aliphatic carbocycles. The zero-order chi connectivity index (χ0) is 12.8. The van der Waals surface area contributed by atoms with Crippen molar-refractivity contribution in [3.63, 3.8) is 0 Å². The minimum Gasteiger partial charge on any atom is -0.330 e. The fraction of sp³-hybridized carbons (Fsp3) is 0.571. The van der Waals surface area contributed by atoms with Gasteiger partial charge in [-0.1, -0.05) is 37.6 Å². The lowest BCUT2D eigenvalue weighted by atomic mass is 9.95. The van der Waals surface area contributed by atoms with Gasteiger partial charge >= 0.3 is 0 Å². The van der Waals surface area contributed by atoms with Crippen LogP contribution in [-0.2, 0) is 0 Å². The lowest BCUT2D eigenvalue weighted by molar-refractivity contribution is 0.356. The maximum atomic E-state index is 5.87. The summed E-state index contributed by atoms with van der Waals surface area (Å²) < 4.78 is 0. The molecule has 0 spiro atoms. The van der Waals surface area contributed by atoms with Crippen molar-refractivity contribution in [2.24, 2.45) is 17.6 Å². The van der Waals surface area contributed by atoms with E-state index >= 15 is 0 Å². The van der Waals surface area contributed by atoms with Crippen LogP contribution in [0.3, 0.4) is 0 Å². The number of halogens is 1. The summed E-state index contributed by atoms with van der Waals surface area (Å²) in [4.78, 5) is 0. The van der Waals surface area contributed by atoms with Gasteiger partial charge < -0.3 is 11.1 Å². The first-order valence-corrected chi connectivity index (χ1v) is 6.61. The summed E-state index contributed by atoms with van der Waals surface area (Å²) in [6.45, 7) is 8.28. The monoisotopic (exact) mass is 254 g/mol. The molecule has 0 aliphatic heterocycles. The minimum absolute atomic E-state index is 0.333. The van der Waals surface area contributed by atoms with Gasteiger partial charge in [0.25, 0.3) is 0 Å². The van der Waals surface area contributed by atoms with Crippen LogP contribution in [0.4, 0.5) is 0 Å². The summed E-state index contributed by atoms with van der Waals surface area (Å²) in [5.41, 5.74) is 7.02. The zero-order valence-corrected chi connectivity index (χ0v) is 11.7. The summed E-state index contributed by atoms with van der Waals surface area (Å²) in [5.74, 6) is 1.15. The molecule has 0 saturated heterocycles. The smallest absolute Gasteiger partial charge is 0.0406 e. The van der Waals surface area contributed by atoms with E-state index in [0.29, 0.717) is 17.9 Å². The summed E-state index contributed by atoms with van der Waals surface area (Å²) in [6, 6.07) is 8.32. The molecule has 1 aromatic rings. The largest absolute Gasteiger partial charge is 0.330 e. The van der Waals surface area contributed by atoms with E-state index in [1.54, 1.807) is 0 Å². The second-order valence-electron chi connectivity index (χ2n) is 4.92. The molecular weight excluding hydrogens is 232 g/mol. The molecule has 2 nitrogen and oxygen atoms in total. The third kappa shape index (κ3) is 4.66. The van der Waals surface area contributed by atoms with Gasteiger partial charge in [-0.25, -0.2) is 0 Å². The Balaban J connectivity index is 2.49. The van der Waals surface area contributed by atoms with Crippen LogP contribution in [0.15, 0.2) is 24.3 Å². The van der Waals surface area contributed by atoms with Gasteiger partial charge in [-0.2, -0.15) is 0 Å². The van der Waals surface area contributed by atoms with E-state index in [1.165, 1.54) is 5.56 Å². The van der Waals surface area contributed by atoms with E-state index in [2.05, 4.69) is 38.2 Å². The summed E-state index contributed by atoms with van der Waals surface area (Å²) in [6.07, 6.45) is 0. The predicted molar refractivity (Wildman–Crippen MR) is 75.3 cm³/mol. The van der Waals surface area contributed by atoms with Crippen molar-refractivity contribution in [3.8, 4) is 0 Å². The lowest BCUT2D eigenvalue weighted by Gasteiger charge is -2.22. The third-order valence-corrected chi connectivity index (χ3v) is 3.55. The molecule has 3 heteroatoms. The summed E-state index contributed by atoms with van der Waals surface area (Å²) in [7, 11) is 0. The first kappa shape index (κ1) is 14.5. The molecular formula is C14H23ClN2. The van der Waals surface area contributed by atoms with Crippen molar-refractivity contribution in [1.29, 1.82) is 0 Å². The van der Waals surface area contributed by atoms with E-state index in [4.69, 9.17) is 17.3 Å². The molecule has 0 heterocycles. The highest BCUT2D eigenvalue weighted by Crippen LogP contribution is 2.17. The third-order valence-electron chi connectivity index (χ3n) is 3.30. The maximum absolute atomic E-state index is 5.87. The molecule has 96 valence electrons. The average molecular weight is 255 g/mol. The Kier molecular flexibility index (Phi) is 5.96. The van der Waals surface area contributed by atoms with Gasteiger partial charge in [-0.3, -0.25) is 0 Å². The number of hydrogen-bond donors (Lipinski definition) is 2. The van der Waals surface area contributed by atoms with E-state index in [-0.39, 0.29) is 0 Å². The van der Waals surface area contributed by atoms with Gasteiger partial charge in [0.1, 0.15) is 0 Å². The Morgan fingerprint density at radius 3 is 2.24 bits per heavy atom. The number of hydrogen-bond acceptors (Lipinski definition) is 2. The lowest BCUT2D eigenvalue weighted by Crippen LogP contribution is -2.33. The van der Waals surface area contributed by atoms with Gasteiger partial charge in [0, 0.05) is 11.1 Å². The molecule has 0 fully saturated rings. The van der Waals surface area contributed by atoms with Crippen molar-refractivity contribution in [3.05, 3.63) is 34.9 Å². The molecule has 0 aromatic heterocycles. The Morgan fingerprint density at radius 2 is 1.76 bits per heavy atom. The standard InChI is InChI=1S/C14H23ClN2/c1-10(2)13(8-16)9-17-11(3)12-4-6-14(15)7-5-12/h4-7,10-11,13,17H,8-9,16H2,1-3H3/t11-,13?/m1/s1. The number of benzene rings is 1. The zero-order valence-electron chi connectivity index (χ0n) is 10.9. The van der Waals surface area contributed by atoms with Crippen LogP contribution in [-0.4, -0.2) is 13.1 Å². The van der Waals surface area contributed by atoms with Gasteiger partial charge in [0.2, 0.25) is 0 Å². The quantitative estimate of drug-likeness (QED) is 0.818. The minimum atomic E-state index is 0.333. The number of nitrogens with one attached hydrogen (secondary N) is 1. The second-order valence-corrected chi connectivity index (χ2v) is 5.36. The molecule has 0 bridgehead atoms. The van der Waals surface area contributed by atoms with E-state index in [0.717, 1.165) is 18.1 Å². The van der Waals surface area contributed by atoms with Crippen LogP contribution in [0.1, 0.15) is 32.4 Å². The van der Waals surface area contributed by atoms with Crippen molar-refractivity contribution in [2.75, 3.05) is 13.1 Å². The highest BCUT2D eigenvalue weighted by molar-refractivity contribution is 6.30. The van der Waals surface area contributed by atoms with Crippen molar-refractivity contribution >= 4 is 11.6 Å². The molecule has 0 aliphatic rings. The summed E-state index contributed by atoms with van der Waals surface area (Å²) in [5, 5.41) is 4.31. The average Bonchev–Trinajstić information content (AvgIpc) is 2.30. The first-order valence-electron chi connectivity index (χ1n) is 6.23. The normalized spacial score (nSPS) is 14.9. The van der Waals surface area contributed by atoms with Crippen LogP contribution < -0.4 is 11.1 Å². The maximum Gasteiger partial charge on any atom is 0.0406 e. The topological polar surface area (TPSA) is 38.0 Å². The molecule has 2 atom stereocenters. The second kappa shape index (κ2) is 7.00. The molecule has 1 rings (SSSR count). The van der Waals surface area contributed by atoms with E-state index < -0.39 is 0 Å². The molecule has 17 heavy (non-hydrogen) atoms. The highest BCUT2D eigenvalue weighted by atomic mass is 35.5. The van der Waals surface area contributed by atoms with Gasteiger partial charge in [-0.15, -0.1) is 0 Å². The fourth-order valence-corrected chi connectivity index (χ4v) is 1.91. The van der Waals surface area contributed by atoms with Crippen LogP contribution in [0.5, 0.6) is 0 Å². The van der Waals surface area contributed by atoms with Crippen molar-refractivity contribution in [2.45, 2.75) is 26.8 Å². The van der Waals surface area contributed by atoms with Crippen LogP contribution in [0.2, 0.25) is 5.02 Å². The van der Waals surface area contributed by atoms with E-state index in [1.807, 2.05) is 12.1 Å². The Bertz CT molecular complexity index is 321. The predicted octanol–water partition coefficient (Wildman–Crippen LogP) is 3.22. The Hall–Kier alpha value is -0.570. The SMILES string of the molecule is CC(C)C(CN)CN[C@H](C)c1ccc(Cl)cc1. The first-order chi connectivity index (χ1) is 8.04. The Morgan fingerprint density at radius 1 is 1.18 bits per heavy atom. The molecule has 0 radical (unpaired) electrons. The van der Waals surface area contributed by atoms with Crippen LogP contribution >= 0.6 is 11.6 Å². The van der Waals surface area contributed by atoms with Crippen LogP contribution in [0.25, 0.3) is 0 Å². The molecule has 1 unspecified atom stereocenters. The molecule has 1 aromatic carbocycles. The Labute approximate surface area is 110 Å². The molecule has 3 N–H and O–H groups in total. The van der Waals surface area contributed by atoms with Gasteiger partial charge in [-0.05, 0) is 49.5 Å². The van der Waals surface area contributed by atoms with Gasteiger partial charge in [0.05, 0.1) is 0 Å². The fourth-order valence-electron chi connectivity index (χ4n) is 1.79. The molecule has 0 saturated carbocycles. The number of nitrogens with two attached hydrogens (primary N) is 1. The van der Waals surface area contributed by atoms with Crippen molar-refractivity contribution < 1.29 is 0 Å². The van der Waals surface area contributed by atoms with Crippen molar-refractivity contribution in [1.82, 2.24) is 5.32 Å². The number of rotatable bonds is 6.